The van der Waals surface area contributed by atoms with Gasteiger partial charge in [-0.3, -0.25) is 15.1 Å². The molecule has 1 heterocycles. The third-order valence-electron chi connectivity index (χ3n) is 2.16. The molecular formula is C9H16N4OS. The van der Waals surface area contributed by atoms with Crippen molar-refractivity contribution in [2.45, 2.75) is 20.4 Å². The Bertz CT molecular complexity index is 322. The quantitative estimate of drug-likeness (QED) is 0.439. The molecule has 0 spiro atoms. The first-order valence-electron chi connectivity index (χ1n) is 4.89. The molecule has 1 aromatic heterocycles. The van der Waals surface area contributed by atoms with E-state index in [4.69, 9.17) is 5.84 Å². The van der Waals surface area contributed by atoms with E-state index >= 15 is 0 Å². The molecule has 5 nitrogen and oxygen atoms in total. The number of carbonyl (C=O) groups excluding carboxylic acids is 1. The first kappa shape index (κ1) is 12.1. The molecule has 0 fully saturated rings. The van der Waals surface area contributed by atoms with Crippen molar-refractivity contribution in [3.8, 4) is 0 Å². The Morgan fingerprint density at radius 3 is 2.80 bits per heavy atom. The fourth-order valence-electron chi connectivity index (χ4n) is 1.20. The molecule has 0 atom stereocenters. The molecule has 0 unspecified atom stereocenters. The predicted octanol–water partition coefficient (Wildman–Crippen LogP) is 0.588. The van der Waals surface area contributed by atoms with Crippen molar-refractivity contribution < 1.29 is 4.79 Å². The SMILES string of the molecule is CCN(CC)Cc1ncc(C(=O)NN)s1. The topological polar surface area (TPSA) is 71.2 Å². The molecular weight excluding hydrogens is 212 g/mol. The van der Waals surface area contributed by atoms with Crippen LogP contribution in [0.5, 0.6) is 0 Å². The van der Waals surface area contributed by atoms with Crippen LogP contribution in [-0.2, 0) is 6.54 Å². The first-order chi connectivity index (χ1) is 7.21. The molecule has 15 heavy (non-hydrogen) atoms. The normalized spacial score (nSPS) is 10.7. The average molecular weight is 228 g/mol. The molecule has 1 amide bonds. The minimum atomic E-state index is -0.279. The molecule has 3 N–H and O–H groups in total. The highest BCUT2D eigenvalue weighted by Gasteiger charge is 2.10. The Kier molecular flexibility index (Phi) is 4.67. The third-order valence-corrected chi connectivity index (χ3v) is 3.14. The number of hydrogen-bond donors (Lipinski definition) is 2. The number of carbonyl (C=O) groups is 1. The fourth-order valence-corrected chi connectivity index (χ4v) is 2.06. The molecule has 1 rings (SSSR count). The number of amides is 1. The minimum Gasteiger partial charge on any atom is -0.297 e. The van der Waals surface area contributed by atoms with Crippen LogP contribution in [0.4, 0.5) is 0 Å². The van der Waals surface area contributed by atoms with E-state index < -0.39 is 0 Å². The van der Waals surface area contributed by atoms with Crippen LogP contribution in [0.15, 0.2) is 6.20 Å². The van der Waals surface area contributed by atoms with Crippen molar-refractivity contribution >= 4 is 17.2 Å². The number of hydrogen-bond acceptors (Lipinski definition) is 5. The van der Waals surface area contributed by atoms with Gasteiger partial charge in [0.2, 0.25) is 0 Å². The standard InChI is InChI=1S/C9H16N4OS/c1-3-13(4-2)6-8-11-5-7(15-8)9(14)12-10/h5H,3-4,6,10H2,1-2H3,(H,12,14). The largest absolute Gasteiger partial charge is 0.297 e. The summed E-state index contributed by atoms with van der Waals surface area (Å²) in [6.07, 6.45) is 1.56. The smallest absolute Gasteiger partial charge is 0.276 e. The zero-order valence-electron chi connectivity index (χ0n) is 8.99. The predicted molar refractivity (Wildman–Crippen MR) is 60.4 cm³/mol. The van der Waals surface area contributed by atoms with Crippen LogP contribution in [0, 0.1) is 0 Å². The summed E-state index contributed by atoms with van der Waals surface area (Å²) in [5, 5.41) is 0.942. The maximum Gasteiger partial charge on any atom is 0.276 e. The Hall–Kier alpha value is -0.980. The second kappa shape index (κ2) is 5.79. The number of thiazole rings is 1. The molecule has 0 saturated heterocycles. The van der Waals surface area contributed by atoms with Gasteiger partial charge in [0.25, 0.3) is 5.91 Å². The Morgan fingerprint density at radius 1 is 1.60 bits per heavy atom. The van der Waals surface area contributed by atoms with E-state index in [0.717, 1.165) is 24.6 Å². The second-order valence-electron chi connectivity index (χ2n) is 3.05. The van der Waals surface area contributed by atoms with Gasteiger partial charge in [0.15, 0.2) is 0 Å². The van der Waals surface area contributed by atoms with Gasteiger partial charge < -0.3 is 0 Å². The van der Waals surface area contributed by atoms with E-state index in [9.17, 15) is 4.79 Å². The minimum absolute atomic E-state index is 0.279. The summed E-state index contributed by atoms with van der Waals surface area (Å²) in [7, 11) is 0. The molecule has 0 aromatic carbocycles. The van der Waals surface area contributed by atoms with Crippen molar-refractivity contribution in [2.24, 2.45) is 5.84 Å². The third kappa shape index (κ3) is 3.26. The van der Waals surface area contributed by atoms with Crippen LogP contribution in [0.25, 0.3) is 0 Å². The Morgan fingerprint density at radius 2 is 2.27 bits per heavy atom. The van der Waals surface area contributed by atoms with Crippen LogP contribution < -0.4 is 11.3 Å². The second-order valence-corrected chi connectivity index (χ2v) is 4.17. The monoisotopic (exact) mass is 228 g/mol. The number of nitrogens with one attached hydrogen (secondary N) is 1. The lowest BCUT2D eigenvalue weighted by Crippen LogP contribution is -2.29. The molecule has 0 aliphatic heterocycles. The van der Waals surface area contributed by atoms with Crippen molar-refractivity contribution in [3.63, 3.8) is 0 Å². The van der Waals surface area contributed by atoms with E-state index in [1.807, 2.05) is 0 Å². The first-order valence-corrected chi connectivity index (χ1v) is 5.70. The summed E-state index contributed by atoms with van der Waals surface area (Å²) in [5.41, 5.74) is 2.09. The molecule has 84 valence electrons. The van der Waals surface area contributed by atoms with Gasteiger partial charge in [-0.1, -0.05) is 13.8 Å². The molecule has 6 heteroatoms. The highest BCUT2D eigenvalue weighted by molar-refractivity contribution is 7.13. The van der Waals surface area contributed by atoms with E-state index in [2.05, 4.69) is 29.2 Å². The lowest BCUT2D eigenvalue weighted by atomic mass is 10.5. The Balaban J connectivity index is 2.63. The number of nitrogen functional groups attached to an aromatic ring is 1. The van der Waals surface area contributed by atoms with Crippen LogP contribution in [0.3, 0.4) is 0 Å². The van der Waals surface area contributed by atoms with Crippen LogP contribution in [0.2, 0.25) is 0 Å². The zero-order valence-corrected chi connectivity index (χ0v) is 9.80. The molecule has 0 saturated carbocycles. The summed E-state index contributed by atoms with van der Waals surface area (Å²) in [6, 6.07) is 0. The number of aromatic nitrogens is 1. The molecule has 0 aliphatic rings. The van der Waals surface area contributed by atoms with Crippen molar-refractivity contribution in [2.75, 3.05) is 13.1 Å². The van der Waals surface area contributed by atoms with Gasteiger partial charge in [0.1, 0.15) is 9.88 Å². The van der Waals surface area contributed by atoms with Crippen LogP contribution >= 0.6 is 11.3 Å². The van der Waals surface area contributed by atoms with Crippen molar-refractivity contribution in [1.82, 2.24) is 15.3 Å². The van der Waals surface area contributed by atoms with Gasteiger partial charge in [-0.2, -0.15) is 0 Å². The summed E-state index contributed by atoms with van der Waals surface area (Å²) >= 11 is 1.38. The zero-order chi connectivity index (χ0) is 11.3. The van der Waals surface area contributed by atoms with Gasteiger partial charge in [-0.15, -0.1) is 11.3 Å². The summed E-state index contributed by atoms with van der Waals surface area (Å²) < 4.78 is 0. The highest BCUT2D eigenvalue weighted by atomic mass is 32.1. The maximum atomic E-state index is 11.2. The lowest BCUT2D eigenvalue weighted by molar-refractivity contribution is 0.0957. The summed E-state index contributed by atoms with van der Waals surface area (Å²) in [5.74, 6) is 4.76. The molecule has 0 bridgehead atoms. The van der Waals surface area contributed by atoms with Gasteiger partial charge in [-0.25, -0.2) is 10.8 Å². The van der Waals surface area contributed by atoms with Gasteiger partial charge in [0.05, 0.1) is 12.7 Å². The van der Waals surface area contributed by atoms with Gasteiger partial charge >= 0.3 is 0 Å². The molecule has 1 aromatic rings. The van der Waals surface area contributed by atoms with E-state index in [1.54, 1.807) is 6.20 Å². The van der Waals surface area contributed by atoms with Crippen molar-refractivity contribution in [3.05, 3.63) is 16.1 Å². The van der Waals surface area contributed by atoms with Crippen LogP contribution in [-0.4, -0.2) is 28.9 Å². The maximum absolute atomic E-state index is 11.2. The van der Waals surface area contributed by atoms with Crippen LogP contribution in [0.1, 0.15) is 28.5 Å². The number of hydrazine groups is 1. The van der Waals surface area contributed by atoms with E-state index in [1.165, 1.54) is 11.3 Å². The summed E-state index contributed by atoms with van der Waals surface area (Å²) in [6.45, 7) is 6.95. The van der Waals surface area contributed by atoms with E-state index in [-0.39, 0.29) is 5.91 Å². The number of nitrogens with two attached hydrogens (primary N) is 1. The summed E-state index contributed by atoms with van der Waals surface area (Å²) in [4.78, 5) is 18.1. The Labute approximate surface area is 93.3 Å². The van der Waals surface area contributed by atoms with Gasteiger partial charge in [0, 0.05) is 0 Å². The number of rotatable bonds is 5. The number of nitrogens with zero attached hydrogens (tertiary/aromatic N) is 2. The highest BCUT2D eigenvalue weighted by Crippen LogP contribution is 2.14. The fraction of sp³-hybridized carbons (Fsp3) is 0.556. The van der Waals surface area contributed by atoms with Gasteiger partial charge in [-0.05, 0) is 13.1 Å². The van der Waals surface area contributed by atoms with Crippen molar-refractivity contribution in [1.29, 1.82) is 0 Å². The average Bonchev–Trinajstić information content (AvgIpc) is 2.73. The lowest BCUT2D eigenvalue weighted by Gasteiger charge is -2.15. The van der Waals surface area contributed by atoms with E-state index in [0.29, 0.717) is 4.88 Å². The molecule has 0 radical (unpaired) electrons. The molecule has 0 aliphatic carbocycles.